The van der Waals surface area contributed by atoms with Gasteiger partial charge in [-0.05, 0) is 24.1 Å². The van der Waals surface area contributed by atoms with Gasteiger partial charge in [-0.1, -0.05) is 24.6 Å². The van der Waals surface area contributed by atoms with Crippen molar-refractivity contribution in [2.24, 2.45) is 0 Å². The number of benzene rings is 1. The van der Waals surface area contributed by atoms with Gasteiger partial charge in [-0.3, -0.25) is 0 Å². The molecule has 1 unspecified atom stereocenters. The van der Waals surface area contributed by atoms with Crippen molar-refractivity contribution in [1.29, 1.82) is 0 Å². The molecule has 3 nitrogen and oxygen atoms in total. The Kier molecular flexibility index (Phi) is 5.19. The molecule has 19 heavy (non-hydrogen) atoms. The summed E-state index contributed by atoms with van der Waals surface area (Å²) >= 11 is 7.80. The van der Waals surface area contributed by atoms with Gasteiger partial charge >= 0.3 is 0 Å². The summed E-state index contributed by atoms with van der Waals surface area (Å²) in [6, 6.07) is 6.14. The van der Waals surface area contributed by atoms with Crippen molar-refractivity contribution in [1.82, 2.24) is 10.3 Å². The maximum absolute atomic E-state index is 6.12. The number of thiazole rings is 1. The van der Waals surface area contributed by atoms with Gasteiger partial charge in [-0.2, -0.15) is 0 Å². The highest BCUT2D eigenvalue weighted by molar-refractivity contribution is 7.09. The lowest BCUT2D eigenvalue weighted by molar-refractivity contribution is 0.414. The van der Waals surface area contributed by atoms with E-state index in [1.54, 1.807) is 18.4 Å². The zero-order chi connectivity index (χ0) is 13.7. The van der Waals surface area contributed by atoms with E-state index in [1.165, 1.54) is 0 Å². The molecule has 0 radical (unpaired) electrons. The quantitative estimate of drug-likeness (QED) is 0.873. The molecule has 0 saturated carbocycles. The van der Waals surface area contributed by atoms with Crippen molar-refractivity contribution in [2.75, 3.05) is 7.11 Å². The summed E-state index contributed by atoms with van der Waals surface area (Å²) in [5, 5.41) is 7.27. The second-order valence-electron chi connectivity index (χ2n) is 4.18. The standard InChI is InChI=1S/C14H17ClN2OS/c1-3-12(14-16-6-7-19-14)17-9-10-4-5-13(18-2)11(15)8-10/h4-8,12,17H,3,9H2,1-2H3. The molecule has 0 aliphatic carbocycles. The van der Waals surface area contributed by atoms with Crippen LogP contribution in [0.1, 0.15) is 30.0 Å². The fraction of sp³-hybridized carbons (Fsp3) is 0.357. The highest BCUT2D eigenvalue weighted by Gasteiger charge is 2.11. The molecule has 0 aliphatic heterocycles. The van der Waals surface area contributed by atoms with Crippen molar-refractivity contribution >= 4 is 22.9 Å². The fourth-order valence-electron chi connectivity index (χ4n) is 1.87. The van der Waals surface area contributed by atoms with Gasteiger partial charge in [0.15, 0.2) is 0 Å². The van der Waals surface area contributed by atoms with Gasteiger partial charge < -0.3 is 10.1 Å². The summed E-state index contributed by atoms with van der Waals surface area (Å²) < 4.78 is 5.14. The second kappa shape index (κ2) is 6.89. The Labute approximate surface area is 122 Å². The Morgan fingerprint density at radius 1 is 1.47 bits per heavy atom. The zero-order valence-corrected chi connectivity index (χ0v) is 12.6. The van der Waals surface area contributed by atoms with E-state index in [4.69, 9.17) is 16.3 Å². The molecule has 1 aromatic heterocycles. The van der Waals surface area contributed by atoms with Crippen molar-refractivity contribution in [3.63, 3.8) is 0 Å². The van der Waals surface area contributed by atoms with Gasteiger partial charge in [-0.15, -0.1) is 11.3 Å². The molecule has 1 atom stereocenters. The molecule has 1 heterocycles. The third-order valence-corrected chi connectivity index (χ3v) is 4.11. The lowest BCUT2D eigenvalue weighted by Crippen LogP contribution is -2.20. The first kappa shape index (κ1) is 14.3. The largest absolute Gasteiger partial charge is 0.495 e. The lowest BCUT2D eigenvalue weighted by atomic mass is 10.2. The first-order valence-electron chi connectivity index (χ1n) is 6.19. The van der Waals surface area contributed by atoms with Crippen LogP contribution in [0.5, 0.6) is 5.75 Å². The Morgan fingerprint density at radius 3 is 2.89 bits per heavy atom. The Bertz CT molecular complexity index is 516. The molecule has 0 amide bonds. The van der Waals surface area contributed by atoms with Gasteiger partial charge in [0.2, 0.25) is 0 Å². The summed E-state index contributed by atoms with van der Waals surface area (Å²) in [6.07, 6.45) is 2.85. The van der Waals surface area contributed by atoms with Crippen molar-refractivity contribution in [3.8, 4) is 5.75 Å². The lowest BCUT2D eigenvalue weighted by Gasteiger charge is -2.15. The smallest absolute Gasteiger partial charge is 0.137 e. The minimum Gasteiger partial charge on any atom is -0.495 e. The maximum atomic E-state index is 6.12. The minimum atomic E-state index is 0.292. The van der Waals surface area contributed by atoms with E-state index >= 15 is 0 Å². The van der Waals surface area contributed by atoms with E-state index in [-0.39, 0.29) is 0 Å². The third kappa shape index (κ3) is 3.69. The van der Waals surface area contributed by atoms with Crippen LogP contribution in [0.3, 0.4) is 0 Å². The summed E-state index contributed by atoms with van der Waals surface area (Å²) in [7, 11) is 1.62. The number of nitrogens with zero attached hydrogens (tertiary/aromatic N) is 1. The highest BCUT2D eigenvalue weighted by Crippen LogP contribution is 2.25. The second-order valence-corrected chi connectivity index (χ2v) is 5.51. The molecule has 0 bridgehead atoms. The summed E-state index contributed by atoms with van der Waals surface area (Å²) in [5.41, 5.74) is 1.14. The van der Waals surface area contributed by atoms with Gasteiger partial charge in [0.1, 0.15) is 10.8 Å². The van der Waals surface area contributed by atoms with Crippen LogP contribution in [0.4, 0.5) is 0 Å². The number of hydrogen-bond acceptors (Lipinski definition) is 4. The number of rotatable bonds is 6. The molecular formula is C14H17ClN2OS. The third-order valence-electron chi connectivity index (χ3n) is 2.93. The van der Waals surface area contributed by atoms with Crippen LogP contribution in [0.15, 0.2) is 29.8 Å². The van der Waals surface area contributed by atoms with E-state index in [0.717, 1.165) is 23.5 Å². The first-order chi connectivity index (χ1) is 9.24. The van der Waals surface area contributed by atoms with Gasteiger partial charge in [0.05, 0.1) is 18.2 Å². The number of methoxy groups -OCH3 is 1. The zero-order valence-electron chi connectivity index (χ0n) is 11.0. The molecule has 2 rings (SSSR count). The van der Waals surface area contributed by atoms with Gasteiger partial charge in [-0.25, -0.2) is 4.98 Å². The summed E-state index contributed by atoms with van der Waals surface area (Å²) in [5.74, 6) is 0.706. The number of ether oxygens (including phenoxy) is 1. The van der Waals surface area contributed by atoms with E-state index in [0.29, 0.717) is 16.8 Å². The van der Waals surface area contributed by atoms with Gasteiger partial charge in [0.25, 0.3) is 0 Å². The molecule has 102 valence electrons. The van der Waals surface area contributed by atoms with Crippen molar-refractivity contribution in [3.05, 3.63) is 45.4 Å². The normalized spacial score (nSPS) is 12.4. The summed E-state index contributed by atoms with van der Waals surface area (Å²) in [6.45, 7) is 2.92. The predicted molar refractivity (Wildman–Crippen MR) is 80.0 cm³/mol. The number of aromatic nitrogens is 1. The Balaban J connectivity index is 1.99. The molecule has 0 aliphatic rings. The Morgan fingerprint density at radius 2 is 2.32 bits per heavy atom. The van der Waals surface area contributed by atoms with Crippen LogP contribution < -0.4 is 10.1 Å². The van der Waals surface area contributed by atoms with E-state index in [1.807, 2.05) is 29.8 Å². The fourth-order valence-corrected chi connectivity index (χ4v) is 2.95. The minimum absolute atomic E-state index is 0.292. The molecule has 0 saturated heterocycles. The van der Waals surface area contributed by atoms with Crippen LogP contribution in [0.2, 0.25) is 5.02 Å². The van der Waals surface area contributed by atoms with Crippen LogP contribution >= 0.6 is 22.9 Å². The molecule has 1 aromatic carbocycles. The van der Waals surface area contributed by atoms with Crippen molar-refractivity contribution in [2.45, 2.75) is 25.9 Å². The van der Waals surface area contributed by atoms with Crippen LogP contribution in [0.25, 0.3) is 0 Å². The van der Waals surface area contributed by atoms with Crippen LogP contribution in [-0.4, -0.2) is 12.1 Å². The number of nitrogens with one attached hydrogen (secondary N) is 1. The van der Waals surface area contributed by atoms with E-state index in [2.05, 4.69) is 17.2 Å². The molecule has 1 N–H and O–H groups in total. The monoisotopic (exact) mass is 296 g/mol. The van der Waals surface area contributed by atoms with Gasteiger partial charge in [0, 0.05) is 18.1 Å². The van der Waals surface area contributed by atoms with Crippen LogP contribution in [0, 0.1) is 0 Å². The highest BCUT2D eigenvalue weighted by atomic mass is 35.5. The Hall–Kier alpha value is -1.10. The SMILES string of the molecule is CCC(NCc1ccc(OC)c(Cl)c1)c1nccs1. The predicted octanol–water partition coefficient (Wildman–Crippen LogP) is 4.05. The summed E-state index contributed by atoms with van der Waals surface area (Å²) in [4.78, 5) is 4.35. The van der Waals surface area contributed by atoms with E-state index < -0.39 is 0 Å². The number of hydrogen-bond donors (Lipinski definition) is 1. The molecule has 2 aromatic rings. The molecular weight excluding hydrogens is 280 g/mol. The molecule has 5 heteroatoms. The maximum Gasteiger partial charge on any atom is 0.137 e. The van der Waals surface area contributed by atoms with Crippen LogP contribution in [-0.2, 0) is 6.54 Å². The average molecular weight is 297 g/mol. The van der Waals surface area contributed by atoms with E-state index in [9.17, 15) is 0 Å². The van der Waals surface area contributed by atoms with Crippen molar-refractivity contribution < 1.29 is 4.74 Å². The number of halogens is 1. The molecule has 0 fully saturated rings. The average Bonchev–Trinajstić information content (AvgIpc) is 2.94. The first-order valence-corrected chi connectivity index (χ1v) is 7.45. The topological polar surface area (TPSA) is 34.1 Å². The molecule has 0 spiro atoms.